The Kier molecular flexibility index (Phi) is 5.22. The van der Waals surface area contributed by atoms with Gasteiger partial charge in [-0.3, -0.25) is 4.79 Å². The van der Waals surface area contributed by atoms with E-state index in [9.17, 15) is 9.90 Å². The predicted molar refractivity (Wildman–Crippen MR) is 133 cm³/mol. The van der Waals surface area contributed by atoms with Gasteiger partial charge in [0.2, 0.25) is 0 Å². The van der Waals surface area contributed by atoms with Crippen LogP contribution >= 0.6 is 11.6 Å². The SMILES string of the molecule is CCN(CC)c1ccc2[nH]c(C(=O)N3C[C@@H](CCl)c4c3cc(O)c3ccccc43)cc2c1. The van der Waals surface area contributed by atoms with Crippen molar-refractivity contribution >= 4 is 50.6 Å². The summed E-state index contributed by atoms with van der Waals surface area (Å²) >= 11 is 6.32. The Morgan fingerprint density at radius 1 is 1.12 bits per heavy atom. The monoisotopic (exact) mass is 447 g/mol. The number of hydrogen-bond acceptors (Lipinski definition) is 3. The molecule has 3 aromatic carbocycles. The molecule has 1 atom stereocenters. The molecule has 0 aliphatic carbocycles. The summed E-state index contributed by atoms with van der Waals surface area (Å²) in [4.78, 5) is 20.9. The Morgan fingerprint density at radius 3 is 2.59 bits per heavy atom. The van der Waals surface area contributed by atoms with E-state index in [0.717, 1.165) is 51.7 Å². The number of halogens is 1. The van der Waals surface area contributed by atoms with Crippen molar-refractivity contribution in [1.82, 2.24) is 4.98 Å². The second kappa shape index (κ2) is 8.06. The molecule has 6 heteroatoms. The second-order valence-corrected chi connectivity index (χ2v) is 8.58. The predicted octanol–water partition coefficient (Wildman–Crippen LogP) is 5.86. The van der Waals surface area contributed by atoms with Crippen molar-refractivity contribution < 1.29 is 9.90 Å². The van der Waals surface area contributed by atoms with Gasteiger partial charge < -0.3 is 19.9 Å². The van der Waals surface area contributed by atoms with Crippen LogP contribution in [-0.4, -0.2) is 41.5 Å². The summed E-state index contributed by atoms with van der Waals surface area (Å²) in [6.45, 7) is 6.62. The van der Waals surface area contributed by atoms with Crippen LogP contribution in [0, 0.1) is 0 Å². The van der Waals surface area contributed by atoms with Gasteiger partial charge in [-0.15, -0.1) is 11.6 Å². The third kappa shape index (κ3) is 3.19. The highest BCUT2D eigenvalue weighted by Gasteiger charge is 2.35. The molecule has 4 aromatic rings. The number of amides is 1. The van der Waals surface area contributed by atoms with Crippen LogP contribution in [0.25, 0.3) is 21.7 Å². The van der Waals surface area contributed by atoms with Crippen molar-refractivity contribution in [3.63, 3.8) is 0 Å². The molecule has 5 rings (SSSR count). The van der Waals surface area contributed by atoms with E-state index in [1.54, 1.807) is 11.0 Å². The Hall–Kier alpha value is -3.18. The van der Waals surface area contributed by atoms with E-state index in [0.29, 0.717) is 18.1 Å². The molecule has 164 valence electrons. The minimum absolute atomic E-state index is 0.0137. The second-order valence-electron chi connectivity index (χ2n) is 8.27. The fourth-order valence-electron chi connectivity index (χ4n) is 4.91. The molecule has 2 heterocycles. The first-order valence-corrected chi connectivity index (χ1v) is 11.6. The summed E-state index contributed by atoms with van der Waals surface area (Å²) in [6, 6.07) is 17.6. The molecule has 5 nitrogen and oxygen atoms in total. The van der Waals surface area contributed by atoms with Gasteiger partial charge in [-0.1, -0.05) is 24.3 Å². The van der Waals surface area contributed by atoms with Crippen LogP contribution in [0.1, 0.15) is 35.8 Å². The molecule has 1 aliphatic rings. The van der Waals surface area contributed by atoms with Gasteiger partial charge in [0.05, 0.1) is 5.69 Å². The van der Waals surface area contributed by atoms with Gasteiger partial charge in [0.1, 0.15) is 11.4 Å². The van der Waals surface area contributed by atoms with Crippen LogP contribution in [0.5, 0.6) is 5.75 Å². The third-order valence-electron chi connectivity index (χ3n) is 6.54. The normalized spacial score (nSPS) is 15.5. The quantitative estimate of drug-likeness (QED) is 0.377. The van der Waals surface area contributed by atoms with E-state index in [1.807, 2.05) is 36.4 Å². The van der Waals surface area contributed by atoms with Crippen molar-refractivity contribution in [3.8, 4) is 5.75 Å². The van der Waals surface area contributed by atoms with Crippen LogP contribution in [0.2, 0.25) is 0 Å². The van der Waals surface area contributed by atoms with E-state index >= 15 is 0 Å². The maximum atomic E-state index is 13.6. The fourth-order valence-corrected chi connectivity index (χ4v) is 5.16. The molecular formula is C26H26ClN3O2. The summed E-state index contributed by atoms with van der Waals surface area (Å²) in [5.41, 5.74) is 4.37. The third-order valence-corrected chi connectivity index (χ3v) is 6.91. The minimum atomic E-state index is -0.117. The molecule has 0 saturated carbocycles. The summed E-state index contributed by atoms with van der Waals surface area (Å²) in [6.07, 6.45) is 0. The van der Waals surface area contributed by atoms with Gasteiger partial charge in [-0.05, 0) is 49.1 Å². The minimum Gasteiger partial charge on any atom is -0.507 e. The number of carbonyl (C=O) groups is 1. The van der Waals surface area contributed by atoms with E-state index in [4.69, 9.17) is 11.6 Å². The van der Waals surface area contributed by atoms with Crippen molar-refractivity contribution in [3.05, 3.63) is 65.9 Å². The summed E-state index contributed by atoms with van der Waals surface area (Å²) < 4.78 is 0. The zero-order valence-corrected chi connectivity index (χ0v) is 19.0. The van der Waals surface area contributed by atoms with Crippen LogP contribution < -0.4 is 9.80 Å². The highest BCUT2D eigenvalue weighted by atomic mass is 35.5. The van der Waals surface area contributed by atoms with E-state index in [-0.39, 0.29) is 17.6 Å². The fraction of sp³-hybridized carbons (Fsp3) is 0.269. The lowest BCUT2D eigenvalue weighted by Crippen LogP contribution is -2.30. The molecule has 0 saturated heterocycles. The lowest BCUT2D eigenvalue weighted by molar-refractivity contribution is 0.0984. The molecule has 1 aromatic heterocycles. The Balaban J connectivity index is 1.56. The maximum Gasteiger partial charge on any atom is 0.274 e. The lowest BCUT2D eigenvalue weighted by Gasteiger charge is -2.20. The largest absolute Gasteiger partial charge is 0.507 e. The average molecular weight is 448 g/mol. The molecule has 0 radical (unpaired) electrons. The number of fused-ring (bicyclic) bond motifs is 4. The highest BCUT2D eigenvalue weighted by molar-refractivity contribution is 6.19. The number of aromatic hydroxyl groups is 1. The highest BCUT2D eigenvalue weighted by Crippen LogP contribution is 2.45. The van der Waals surface area contributed by atoms with Gasteiger partial charge in [-0.25, -0.2) is 0 Å². The molecule has 1 amide bonds. The van der Waals surface area contributed by atoms with Gasteiger partial charge >= 0.3 is 0 Å². The zero-order valence-electron chi connectivity index (χ0n) is 18.2. The summed E-state index contributed by atoms with van der Waals surface area (Å²) in [5.74, 6) is 0.479. The van der Waals surface area contributed by atoms with Crippen LogP contribution in [0.15, 0.2) is 54.6 Å². The number of nitrogens with zero attached hydrogens (tertiary/aromatic N) is 2. The number of phenols is 1. The molecule has 0 unspecified atom stereocenters. The van der Waals surface area contributed by atoms with Crippen LogP contribution in [0.3, 0.4) is 0 Å². The Morgan fingerprint density at radius 2 is 1.88 bits per heavy atom. The average Bonchev–Trinajstić information content (AvgIpc) is 3.41. The lowest BCUT2D eigenvalue weighted by atomic mass is 9.95. The molecular weight excluding hydrogens is 422 g/mol. The van der Waals surface area contributed by atoms with Gasteiger partial charge in [0, 0.05) is 59.5 Å². The molecule has 1 aliphatic heterocycles. The van der Waals surface area contributed by atoms with Gasteiger partial charge in [0.15, 0.2) is 0 Å². The topological polar surface area (TPSA) is 59.6 Å². The van der Waals surface area contributed by atoms with E-state index in [1.165, 1.54) is 0 Å². The number of rotatable bonds is 5. The number of alkyl halides is 1. The van der Waals surface area contributed by atoms with Gasteiger partial charge in [0.25, 0.3) is 5.91 Å². The molecule has 2 N–H and O–H groups in total. The van der Waals surface area contributed by atoms with Crippen molar-refractivity contribution in [2.45, 2.75) is 19.8 Å². The van der Waals surface area contributed by atoms with Crippen molar-refractivity contribution in [1.29, 1.82) is 0 Å². The number of hydrogen-bond donors (Lipinski definition) is 2. The van der Waals surface area contributed by atoms with Crippen molar-refractivity contribution in [2.75, 3.05) is 35.3 Å². The number of H-pyrrole nitrogens is 1. The number of aromatic nitrogens is 1. The first kappa shape index (κ1) is 20.7. The summed E-state index contributed by atoms with van der Waals surface area (Å²) in [7, 11) is 0. The Bertz CT molecular complexity index is 1330. The molecule has 0 spiro atoms. The zero-order chi connectivity index (χ0) is 22.4. The molecule has 0 bridgehead atoms. The molecule has 0 fully saturated rings. The van der Waals surface area contributed by atoms with Gasteiger partial charge in [-0.2, -0.15) is 0 Å². The van der Waals surface area contributed by atoms with Crippen LogP contribution in [0.4, 0.5) is 11.4 Å². The number of carbonyl (C=O) groups excluding carboxylic acids is 1. The number of anilines is 2. The smallest absolute Gasteiger partial charge is 0.274 e. The number of aromatic amines is 1. The summed E-state index contributed by atoms with van der Waals surface area (Å²) in [5, 5.41) is 13.4. The Labute approximate surface area is 192 Å². The first-order valence-electron chi connectivity index (χ1n) is 11.1. The maximum absolute atomic E-state index is 13.6. The standard InChI is InChI=1S/C26H26ClN3O2/c1-3-29(4-2)18-9-10-21-16(11-18)12-22(28-21)26(32)30-15-17(14-27)25-20-8-6-5-7-19(20)24(31)13-23(25)30/h5-13,17,28,31H,3-4,14-15H2,1-2H3/t17-/m1/s1. The number of phenolic OH excluding ortho intramolecular Hbond substituents is 1. The first-order chi connectivity index (χ1) is 15.5. The van der Waals surface area contributed by atoms with Crippen LogP contribution in [-0.2, 0) is 0 Å². The van der Waals surface area contributed by atoms with E-state index in [2.05, 4.69) is 35.9 Å². The van der Waals surface area contributed by atoms with Crippen molar-refractivity contribution in [2.24, 2.45) is 0 Å². The number of benzene rings is 3. The van der Waals surface area contributed by atoms with E-state index < -0.39 is 0 Å². The number of nitrogens with one attached hydrogen (secondary N) is 1. The molecule has 32 heavy (non-hydrogen) atoms.